The number of carbonyl (C=O) groups excluding carboxylic acids is 1. The Hall–Kier alpha value is -1.62. The number of nitrogens with zero attached hydrogens (tertiary/aromatic N) is 1. The van der Waals surface area contributed by atoms with Gasteiger partial charge in [-0.3, -0.25) is 0 Å². The van der Waals surface area contributed by atoms with Crippen LogP contribution in [0.15, 0.2) is 24.3 Å². The van der Waals surface area contributed by atoms with E-state index < -0.39 is 0 Å². The zero-order valence-electron chi connectivity index (χ0n) is 10.8. The van der Waals surface area contributed by atoms with Crippen LogP contribution >= 0.6 is 0 Å². The fourth-order valence-corrected chi connectivity index (χ4v) is 2.15. The Morgan fingerprint density at radius 1 is 1.32 bits per heavy atom. The lowest BCUT2D eigenvalue weighted by atomic mass is 10.1. The van der Waals surface area contributed by atoms with Crippen molar-refractivity contribution in [3.63, 3.8) is 0 Å². The molecule has 1 aromatic rings. The monoisotopic (exact) mass is 266 g/mol. The number of amides is 2. The number of urea groups is 1. The number of carbonyl (C=O) groups is 1. The standard InChI is InChI=1S/C14H19FN2O2/c15-12-3-1-11(2-4-12)5-8-16-14(19)17-9-6-13(18)7-10-17/h1-4,13,18H,5-10H2,(H,16,19). The third kappa shape index (κ3) is 4.21. The molecule has 0 spiro atoms. The lowest BCUT2D eigenvalue weighted by Crippen LogP contribution is -2.45. The molecule has 0 aromatic heterocycles. The van der Waals surface area contributed by atoms with Gasteiger partial charge in [0.25, 0.3) is 0 Å². The molecular weight excluding hydrogens is 247 g/mol. The first-order valence-corrected chi connectivity index (χ1v) is 6.60. The topological polar surface area (TPSA) is 52.6 Å². The summed E-state index contributed by atoms with van der Waals surface area (Å²) in [6, 6.07) is 6.19. The van der Waals surface area contributed by atoms with Crippen molar-refractivity contribution in [3.05, 3.63) is 35.6 Å². The predicted octanol–water partition coefficient (Wildman–Crippen LogP) is 1.53. The van der Waals surface area contributed by atoms with E-state index in [4.69, 9.17) is 0 Å². The van der Waals surface area contributed by atoms with Crippen LogP contribution in [0.4, 0.5) is 9.18 Å². The lowest BCUT2D eigenvalue weighted by molar-refractivity contribution is 0.0938. The van der Waals surface area contributed by atoms with Crippen molar-refractivity contribution in [2.75, 3.05) is 19.6 Å². The highest BCUT2D eigenvalue weighted by atomic mass is 19.1. The third-order valence-corrected chi connectivity index (χ3v) is 3.35. The van der Waals surface area contributed by atoms with E-state index >= 15 is 0 Å². The Morgan fingerprint density at radius 3 is 2.58 bits per heavy atom. The first-order valence-electron chi connectivity index (χ1n) is 6.60. The molecule has 2 rings (SSSR count). The normalized spacial score (nSPS) is 16.4. The molecule has 19 heavy (non-hydrogen) atoms. The van der Waals surface area contributed by atoms with E-state index in [1.54, 1.807) is 17.0 Å². The number of hydrogen-bond donors (Lipinski definition) is 2. The van der Waals surface area contributed by atoms with Gasteiger partial charge in [-0.05, 0) is 37.0 Å². The molecular formula is C14H19FN2O2. The molecule has 0 aliphatic carbocycles. The highest BCUT2D eigenvalue weighted by molar-refractivity contribution is 5.74. The van der Waals surface area contributed by atoms with E-state index in [-0.39, 0.29) is 18.0 Å². The second-order valence-electron chi connectivity index (χ2n) is 4.83. The first-order chi connectivity index (χ1) is 9.15. The van der Waals surface area contributed by atoms with Crippen molar-refractivity contribution in [2.24, 2.45) is 0 Å². The van der Waals surface area contributed by atoms with E-state index in [1.165, 1.54) is 12.1 Å². The second-order valence-corrected chi connectivity index (χ2v) is 4.83. The molecule has 1 saturated heterocycles. The minimum atomic E-state index is -0.275. The van der Waals surface area contributed by atoms with Gasteiger partial charge >= 0.3 is 6.03 Å². The number of halogens is 1. The number of likely N-dealkylation sites (tertiary alicyclic amines) is 1. The summed E-state index contributed by atoms with van der Waals surface area (Å²) in [5.74, 6) is -0.250. The largest absolute Gasteiger partial charge is 0.393 e. The maximum absolute atomic E-state index is 12.7. The molecule has 0 saturated carbocycles. The van der Waals surface area contributed by atoms with Crippen molar-refractivity contribution in [1.82, 2.24) is 10.2 Å². The van der Waals surface area contributed by atoms with Crippen LogP contribution in [0.3, 0.4) is 0 Å². The summed E-state index contributed by atoms with van der Waals surface area (Å²) in [6.07, 6.45) is 1.70. The number of hydrogen-bond acceptors (Lipinski definition) is 2. The molecule has 1 fully saturated rings. The number of aliphatic hydroxyl groups is 1. The van der Waals surface area contributed by atoms with Crippen molar-refractivity contribution in [1.29, 1.82) is 0 Å². The Morgan fingerprint density at radius 2 is 1.95 bits per heavy atom. The maximum Gasteiger partial charge on any atom is 0.317 e. The molecule has 2 amide bonds. The van der Waals surface area contributed by atoms with Gasteiger partial charge in [0.15, 0.2) is 0 Å². The summed E-state index contributed by atoms with van der Waals surface area (Å²) >= 11 is 0. The summed E-state index contributed by atoms with van der Waals surface area (Å²) in [5.41, 5.74) is 0.996. The second kappa shape index (κ2) is 6.52. The highest BCUT2D eigenvalue weighted by Crippen LogP contribution is 2.09. The molecule has 0 unspecified atom stereocenters. The van der Waals surface area contributed by atoms with Gasteiger partial charge in [-0.15, -0.1) is 0 Å². The average molecular weight is 266 g/mol. The van der Waals surface area contributed by atoms with Crippen LogP contribution in [0.1, 0.15) is 18.4 Å². The Labute approximate surface area is 112 Å². The van der Waals surface area contributed by atoms with Gasteiger partial charge in [0.1, 0.15) is 5.82 Å². The van der Waals surface area contributed by atoms with Gasteiger partial charge in [0.05, 0.1) is 6.10 Å². The molecule has 104 valence electrons. The number of nitrogens with one attached hydrogen (secondary N) is 1. The lowest BCUT2D eigenvalue weighted by Gasteiger charge is -2.29. The van der Waals surface area contributed by atoms with Gasteiger partial charge in [-0.1, -0.05) is 12.1 Å². The Balaban J connectivity index is 1.70. The van der Waals surface area contributed by atoms with Crippen LogP contribution in [0.5, 0.6) is 0 Å². The van der Waals surface area contributed by atoms with Gasteiger partial charge in [-0.2, -0.15) is 0 Å². The summed E-state index contributed by atoms with van der Waals surface area (Å²) in [5, 5.41) is 12.2. The predicted molar refractivity (Wildman–Crippen MR) is 70.3 cm³/mol. The summed E-state index contributed by atoms with van der Waals surface area (Å²) in [7, 11) is 0. The highest BCUT2D eigenvalue weighted by Gasteiger charge is 2.20. The smallest absolute Gasteiger partial charge is 0.317 e. The summed E-state index contributed by atoms with van der Waals surface area (Å²) in [4.78, 5) is 13.5. The third-order valence-electron chi connectivity index (χ3n) is 3.35. The Bertz CT molecular complexity index is 414. The number of piperidine rings is 1. The van der Waals surface area contributed by atoms with Gasteiger partial charge < -0.3 is 15.3 Å². The first kappa shape index (κ1) is 13.8. The van der Waals surface area contributed by atoms with Crippen LogP contribution in [0, 0.1) is 5.82 Å². The van der Waals surface area contributed by atoms with Gasteiger partial charge in [0.2, 0.25) is 0 Å². The Kier molecular flexibility index (Phi) is 4.74. The quantitative estimate of drug-likeness (QED) is 0.872. The zero-order valence-corrected chi connectivity index (χ0v) is 10.8. The fraction of sp³-hybridized carbons (Fsp3) is 0.500. The van der Waals surface area contributed by atoms with Crippen molar-refractivity contribution in [3.8, 4) is 0 Å². The van der Waals surface area contributed by atoms with Crippen LogP contribution < -0.4 is 5.32 Å². The number of aliphatic hydroxyl groups excluding tert-OH is 1. The van der Waals surface area contributed by atoms with E-state index in [0.29, 0.717) is 38.9 Å². The molecule has 1 aliphatic rings. The van der Waals surface area contributed by atoms with Crippen LogP contribution in [0.25, 0.3) is 0 Å². The number of rotatable bonds is 3. The van der Waals surface area contributed by atoms with E-state index in [9.17, 15) is 14.3 Å². The molecule has 5 heteroatoms. The molecule has 1 heterocycles. The SMILES string of the molecule is O=C(NCCc1ccc(F)cc1)N1CCC(O)CC1. The molecule has 0 radical (unpaired) electrons. The average Bonchev–Trinajstić information content (AvgIpc) is 2.41. The minimum absolute atomic E-state index is 0.0889. The molecule has 1 aromatic carbocycles. The fourth-order valence-electron chi connectivity index (χ4n) is 2.15. The maximum atomic E-state index is 12.7. The van der Waals surface area contributed by atoms with E-state index in [0.717, 1.165) is 5.56 Å². The summed E-state index contributed by atoms with van der Waals surface area (Å²) in [6.45, 7) is 1.73. The summed E-state index contributed by atoms with van der Waals surface area (Å²) < 4.78 is 12.7. The van der Waals surface area contributed by atoms with Crippen LogP contribution in [-0.4, -0.2) is 41.8 Å². The van der Waals surface area contributed by atoms with Crippen LogP contribution in [-0.2, 0) is 6.42 Å². The minimum Gasteiger partial charge on any atom is -0.393 e. The van der Waals surface area contributed by atoms with Crippen LogP contribution in [0.2, 0.25) is 0 Å². The molecule has 0 bridgehead atoms. The molecule has 0 atom stereocenters. The zero-order chi connectivity index (χ0) is 13.7. The van der Waals surface area contributed by atoms with Crippen molar-refractivity contribution in [2.45, 2.75) is 25.4 Å². The van der Waals surface area contributed by atoms with Gasteiger partial charge in [0, 0.05) is 19.6 Å². The number of benzene rings is 1. The van der Waals surface area contributed by atoms with Gasteiger partial charge in [-0.25, -0.2) is 9.18 Å². The molecule has 1 aliphatic heterocycles. The van der Waals surface area contributed by atoms with Crippen molar-refractivity contribution < 1.29 is 14.3 Å². The molecule has 2 N–H and O–H groups in total. The molecule has 4 nitrogen and oxygen atoms in total. The van der Waals surface area contributed by atoms with Crippen molar-refractivity contribution >= 4 is 6.03 Å². The van der Waals surface area contributed by atoms with E-state index in [2.05, 4.69) is 5.32 Å². The van der Waals surface area contributed by atoms with E-state index in [1.807, 2.05) is 0 Å².